The van der Waals surface area contributed by atoms with Crippen LogP contribution < -0.4 is 4.90 Å². The summed E-state index contributed by atoms with van der Waals surface area (Å²) < 4.78 is 0. The minimum atomic E-state index is 0.0742. The van der Waals surface area contributed by atoms with E-state index in [9.17, 15) is 4.79 Å². The van der Waals surface area contributed by atoms with Crippen LogP contribution in [0.4, 0.5) is 5.69 Å². The summed E-state index contributed by atoms with van der Waals surface area (Å²) in [6, 6.07) is 17.9. The van der Waals surface area contributed by atoms with Gasteiger partial charge in [-0.1, -0.05) is 24.3 Å². The third-order valence-electron chi connectivity index (χ3n) is 4.46. The van der Waals surface area contributed by atoms with Crippen LogP contribution in [0, 0.1) is 0 Å². The third kappa shape index (κ3) is 2.59. The number of hydrogen-bond acceptors (Lipinski definition) is 2. The molecule has 1 aromatic heterocycles. The number of amides is 1. The largest absolute Gasteiger partial charge is 0.308 e. The van der Waals surface area contributed by atoms with Crippen LogP contribution in [-0.2, 0) is 6.42 Å². The Morgan fingerprint density at radius 3 is 2.87 bits per heavy atom. The molecule has 0 aliphatic carbocycles. The van der Waals surface area contributed by atoms with Gasteiger partial charge in [0.15, 0.2) is 0 Å². The molecule has 2 heterocycles. The van der Waals surface area contributed by atoms with Crippen LogP contribution in [0.3, 0.4) is 0 Å². The van der Waals surface area contributed by atoms with Gasteiger partial charge in [-0.3, -0.25) is 9.78 Å². The Balaban J connectivity index is 1.75. The molecule has 3 aromatic rings. The lowest BCUT2D eigenvalue weighted by Crippen LogP contribution is -2.31. The number of aromatic nitrogens is 1. The average Bonchev–Trinajstić information content (AvgIpc) is 2.83. The smallest absolute Gasteiger partial charge is 0.258 e. The highest BCUT2D eigenvalue weighted by Crippen LogP contribution is 2.28. The second-order valence-electron chi connectivity index (χ2n) is 5.95. The highest BCUT2D eigenvalue weighted by molar-refractivity contribution is 6.08. The first-order valence-electron chi connectivity index (χ1n) is 8.07. The summed E-state index contributed by atoms with van der Waals surface area (Å²) in [5.41, 5.74) is 3.96. The summed E-state index contributed by atoms with van der Waals surface area (Å²) in [4.78, 5) is 19.3. The predicted molar refractivity (Wildman–Crippen MR) is 92.8 cm³/mol. The first kappa shape index (κ1) is 13.9. The molecule has 0 saturated heterocycles. The van der Waals surface area contributed by atoms with Crippen molar-refractivity contribution >= 4 is 22.5 Å². The fraction of sp³-hybridized carbons (Fsp3) is 0.200. The number of rotatable bonds is 1. The Bertz CT molecular complexity index is 872. The van der Waals surface area contributed by atoms with Gasteiger partial charge in [0.2, 0.25) is 0 Å². The normalized spacial score (nSPS) is 14.3. The van der Waals surface area contributed by atoms with Crippen molar-refractivity contribution in [3.8, 4) is 0 Å². The van der Waals surface area contributed by atoms with Crippen LogP contribution >= 0.6 is 0 Å². The van der Waals surface area contributed by atoms with Crippen LogP contribution in [0.15, 0.2) is 60.8 Å². The van der Waals surface area contributed by atoms with E-state index in [0.717, 1.165) is 48.0 Å². The van der Waals surface area contributed by atoms with Crippen molar-refractivity contribution in [2.45, 2.75) is 19.3 Å². The van der Waals surface area contributed by atoms with Gasteiger partial charge >= 0.3 is 0 Å². The molecule has 3 heteroatoms. The van der Waals surface area contributed by atoms with Gasteiger partial charge in [-0.15, -0.1) is 0 Å². The number of hydrogen-bond donors (Lipinski definition) is 0. The molecule has 0 radical (unpaired) electrons. The Kier molecular flexibility index (Phi) is 3.54. The fourth-order valence-electron chi connectivity index (χ4n) is 3.27. The molecule has 0 atom stereocenters. The average molecular weight is 302 g/mol. The number of anilines is 1. The van der Waals surface area contributed by atoms with Gasteiger partial charge in [-0.2, -0.15) is 0 Å². The number of carbonyl (C=O) groups excluding carboxylic acids is 1. The highest BCUT2D eigenvalue weighted by atomic mass is 16.2. The number of fused-ring (bicyclic) bond motifs is 2. The zero-order valence-electron chi connectivity index (χ0n) is 12.9. The lowest BCUT2D eigenvalue weighted by Gasteiger charge is -2.23. The van der Waals surface area contributed by atoms with Crippen LogP contribution in [0.2, 0.25) is 0 Å². The molecule has 0 bridgehead atoms. The topological polar surface area (TPSA) is 33.2 Å². The van der Waals surface area contributed by atoms with Crippen molar-refractivity contribution in [1.82, 2.24) is 4.98 Å². The number of nitrogens with zero attached hydrogens (tertiary/aromatic N) is 2. The SMILES string of the molecule is O=C(c1ccc2ncccc2c1)N1CCCCc2ccccc21. The molecular weight excluding hydrogens is 284 g/mol. The van der Waals surface area contributed by atoms with Gasteiger partial charge in [0.05, 0.1) is 5.52 Å². The van der Waals surface area contributed by atoms with E-state index in [0.29, 0.717) is 0 Å². The van der Waals surface area contributed by atoms with Crippen molar-refractivity contribution in [3.63, 3.8) is 0 Å². The number of para-hydroxylation sites is 1. The lowest BCUT2D eigenvalue weighted by molar-refractivity contribution is 0.0987. The molecule has 0 saturated carbocycles. The van der Waals surface area contributed by atoms with Gasteiger partial charge in [-0.25, -0.2) is 0 Å². The molecule has 114 valence electrons. The van der Waals surface area contributed by atoms with Crippen molar-refractivity contribution in [3.05, 3.63) is 71.9 Å². The minimum Gasteiger partial charge on any atom is -0.308 e. The fourth-order valence-corrected chi connectivity index (χ4v) is 3.27. The van der Waals surface area contributed by atoms with Crippen LogP contribution in [0.25, 0.3) is 10.9 Å². The predicted octanol–water partition coefficient (Wildman–Crippen LogP) is 4.22. The summed E-state index contributed by atoms with van der Waals surface area (Å²) in [5.74, 6) is 0.0742. The number of benzene rings is 2. The van der Waals surface area contributed by atoms with Gasteiger partial charge in [0.25, 0.3) is 5.91 Å². The molecule has 0 spiro atoms. The van der Waals surface area contributed by atoms with Gasteiger partial charge in [0, 0.05) is 29.4 Å². The maximum Gasteiger partial charge on any atom is 0.258 e. The molecule has 4 rings (SSSR count). The van der Waals surface area contributed by atoms with E-state index in [2.05, 4.69) is 23.2 Å². The summed E-state index contributed by atoms with van der Waals surface area (Å²) in [7, 11) is 0. The summed E-state index contributed by atoms with van der Waals surface area (Å²) in [6.07, 6.45) is 4.98. The van der Waals surface area contributed by atoms with Crippen LogP contribution in [-0.4, -0.2) is 17.4 Å². The van der Waals surface area contributed by atoms with Gasteiger partial charge < -0.3 is 4.90 Å². The molecule has 23 heavy (non-hydrogen) atoms. The van der Waals surface area contributed by atoms with E-state index in [1.165, 1.54) is 5.56 Å². The van der Waals surface area contributed by atoms with E-state index >= 15 is 0 Å². The summed E-state index contributed by atoms with van der Waals surface area (Å²) in [5, 5.41) is 1.00. The van der Waals surface area contributed by atoms with E-state index in [-0.39, 0.29) is 5.91 Å². The monoisotopic (exact) mass is 302 g/mol. The Morgan fingerprint density at radius 1 is 1.00 bits per heavy atom. The van der Waals surface area contributed by atoms with E-state index in [1.54, 1.807) is 6.20 Å². The van der Waals surface area contributed by atoms with E-state index in [1.807, 2.05) is 41.3 Å². The van der Waals surface area contributed by atoms with Crippen LogP contribution in [0.1, 0.15) is 28.8 Å². The summed E-state index contributed by atoms with van der Waals surface area (Å²) in [6.45, 7) is 0.779. The first-order chi connectivity index (χ1) is 11.3. The molecule has 0 N–H and O–H groups in total. The first-order valence-corrected chi connectivity index (χ1v) is 8.07. The number of aryl methyl sites for hydroxylation is 1. The molecule has 1 aliphatic heterocycles. The molecule has 1 amide bonds. The zero-order valence-corrected chi connectivity index (χ0v) is 12.9. The minimum absolute atomic E-state index is 0.0742. The second kappa shape index (κ2) is 5.84. The zero-order chi connectivity index (χ0) is 15.6. The molecule has 2 aromatic carbocycles. The molecule has 3 nitrogen and oxygen atoms in total. The van der Waals surface area contributed by atoms with E-state index < -0.39 is 0 Å². The third-order valence-corrected chi connectivity index (χ3v) is 4.46. The Hall–Kier alpha value is -2.68. The van der Waals surface area contributed by atoms with Gasteiger partial charge in [-0.05, 0) is 55.2 Å². The van der Waals surface area contributed by atoms with Crippen LogP contribution in [0.5, 0.6) is 0 Å². The maximum absolute atomic E-state index is 13.1. The number of carbonyl (C=O) groups is 1. The number of pyridine rings is 1. The molecule has 0 fully saturated rings. The second-order valence-corrected chi connectivity index (χ2v) is 5.95. The maximum atomic E-state index is 13.1. The Labute approximate surface area is 135 Å². The van der Waals surface area contributed by atoms with Crippen molar-refractivity contribution in [1.29, 1.82) is 0 Å². The molecule has 1 aliphatic rings. The molecular formula is C20H18N2O. The lowest BCUT2D eigenvalue weighted by atomic mass is 10.1. The highest BCUT2D eigenvalue weighted by Gasteiger charge is 2.22. The van der Waals surface area contributed by atoms with Crippen molar-refractivity contribution < 1.29 is 4.79 Å². The quantitative estimate of drug-likeness (QED) is 0.674. The van der Waals surface area contributed by atoms with Crippen molar-refractivity contribution in [2.24, 2.45) is 0 Å². The Morgan fingerprint density at radius 2 is 1.91 bits per heavy atom. The standard InChI is InChI=1S/C20H18N2O/c23-20(17-10-11-18-16(14-17)8-5-12-21-18)22-13-4-3-7-15-6-1-2-9-19(15)22/h1-2,5-6,8-12,14H,3-4,7,13H2. The van der Waals surface area contributed by atoms with E-state index in [4.69, 9.17) is 0 Å². The van der Waals surface area contributed by atoms with Crippen molar-refractivity contribution in [2.75, 3.05) is 11.4 Å². The molecule has 0 unspecified atom stereocenters. The summed E-state index contributed by atoms with van der Waals surface area (Å²) >= 11 is 0. The van der Waals surface area contributed by atoms with Gasteiger partial charge in [0.1, 0.15) is 0 Å².